The van der Waals surface area contributed by atoms with Crippen molar-refractivity contribution in [3.05, 3.63) is 72.5 Å². The van der Waals surface area contributed by atoms with Gasteiger partial charge in [0.1, 0.15) is 11.5 Å². The molecule has 0 atom stereocenters. The largest absolute Gasteiger partial charge is 0.507 e. The summed E-state index contributed by atoms with van der Waals surface area (Å²) in [6.07, 6.45) is 7.76. The van der Waals surface area contributed by atoms with Gasteiger partial charge >= 0.3 is 5.96 Å². The molecule has 2 heterocycles. The van der Waals surface area contributed by atoms with Gasteiger partial charge in [-0.2, -0.15) is 0 Å². The smallest absolute Gasteiger partial charge is 0.348 e. The predicted molar refractivity (Wildman–Crippen MR) is 202 cm³/mol. The summed E-state index contributed by atoms with van der Waals surface area (Å²) >= 11 is 0. The number of aliphatic imine (C=N–C) groups is 2. The van der Waals surface area contributed by atoms with Crippen LogP contribution in [0.5, 0.6) is 11.5 Å². The fourth-order valence-corrected chi connectivity index (χ4v) is 6.10. The number of nitrogens with zero attached hydrogens (tertiary/aromatic N) is 4. The van der Waals surface area contributed by atoms with E-state index in [1.807, 2.05) is 6.07 Å². The Bertz CT molecular complexity index is 1440. The molecule has 0 bridgehead atoms. The average Bonchev–Trinajstić information content (AvgIpc) is 2.95. The van der Waals surface area contributed by atoms with Crippen LogP contribution in [-0.2, 0) is 39.4 Å². The van der Waals surface area contributed by atoms with E-state index in [1.54, 1.807) is 12.4 Å². The first-order valence-corrected chi connectivity index (χ1v) is 16.9. The van der Waals surface area contributed by atoms with Crippen LogP contribution < -0.4 is 5.32 Å². The molecule has 8 heteroatoms. The number of aromatic hydroxyl groups is 2. The zero-order valence-corrected chi connectivity index (χ0v) is 32.8. The second-order valence-electron chi connectivity index (χ2n) is 15.9. The standard InChI is InChI=1S/C38H57N5O2.2CH3.Co/c1-36(2,3)30-21-27(13-10-17-42-19-12-20-43-18-11-14-41-35(42)43)33(44)28(22-30)25-39-15-16-40-26-29-23-31(37(4,5)6)24-32(34(29)45)38(7,8)9;;;/h21-26H,10-20H2,1-9H3,(H2,39,40,44,45);2*1H3;/q;2*-1;/p+1. The Morgan fingerprint density at radius 2 is 1.31 bits per heavy atom. The van der Waals surface area contributed by atoms with Gasteiger partial charge in [-0.3, -0.25) is 24.8 Å². The average molecular weight is 706 g/mol. The fourth-order valence-electron chi connectivity index (χ4n) is 6.10. The monoisotopic (exact) mass is 705 g/mol. The zero-order valence-electron chi connectivity index (χ0n) is 31.8. The first-order chi connectivity index (χ1) is 21.1. The van der Waals surface area contributed by atoms with Gasteiger partial charge in [0.15, 0.2) is 0 Å². The van der Waals surface area contributed by atoms with E-state index in [0.717, 1.165) is 67.8 Å². The van der Waals surface area contributed by atoms with Crippen molar-refractivity contribution in [1.29, 1.82) is 0 Å². The summed E-state index contributed by atoms with van der Waals surface area (Å²) in [7, 11) is 0. The molecule has 0 unspecified atom stereocenters. The third-order valence-corrected chi connectivity index (χ3v) is 8.93. The van der Waals surface area contributed by atoms with Crippen molar-refractivity contribution >= 4 is 18.4 Å². The topological polar surface area (TPSA) is 83.5 Å². The minimum Gasteiger partial charge on any atom is -0.507 e. The third kappa shape index (κ3) is 11.1. The van der Waals surface area contributed by atoms with Crippen LogP contribution in [0.4, 0.5) is 0 Å². The van der Waals surface area contributed by atoms with Crippen LogP contribution >= 0.6 is 0 Å². The summed E-state index contributed by atoms with van der Waals surface area (Å²) < 4.78 is 2.48. The van der Waals surface area contributed by atoms with Crippen LogP contribution in [0.3, 0.4) is 0 Å². The van der Waals surface area contributed by atoms with E-state index in [9.17, 15) is 10.2 Å². The van der Waals surface area contributed by atoms with E-state index in [4.69, 9.17) is 0 Å². The first kappa shape index (κ1) is 43.2. The second-order valence-corrected chi connectivity index (χ2v) is 15.9. The maximum Gasteiger partial charge on any atom is 0.348 e. The quantitative estimate of drug-likeness (QED) is 0.110. The number of hydrogen-bond donors (Lipinski definition) is 3. The minimum atomic E-state index is -0.180. The molecule has 2 aliphatic rings. The third-order valence-electron chi connectivity index (χ3n) is 8.93. The van der Waals surface area contributed by atoms with Crippen molar-refractivity contribution in [2.24, 2.45) is 9.98 Å². The van der Waals surface area contributed by atoms with Gasteiger partial charge in [0, 0.05) is 58.7 Å². The summed E-state index contributed by atoms with van der Waals surface area (Å²) in [5.74, 6) is 1.92. The number of phenolic OH excluding ortho intramolecular Hbond substituents is 2. The van der Waals surface area contributed by atoms with Gasteiger partial charge in [-0.1, -0.05) is 74.4 Å². The van der Waals surface area contributed by atoms with Crippen LogP contribution in [-0.4, -0.2) is 83.9 Å². The predicted octanol–water partition coefficient (Wildman–Crippen LogP) is 7.43. The Hall–Kier alpha value is -2.84. The second kappa shape index (κ2) is 17.7. The number of guanidine groups is 1. The van der Waals surface area contributed by atoms with Crippen molar-refractivity contribution < 1.29 is 31.6 Å². The van der Waals surface area contributed by atoms with E-state index in [2.05, 4.69) is 105 Å². The zero-order chi connectivity index (χ0) is 33.0. The number of rotatable bonds is 9. The summed E-state index contributed by atoms with van der Waals surface area (Å²) in [5.41, 5.74) is 5.54. The summed E-state index contributed by atoms with van der Waals surface area (Å²) in [6.45, 7) is 25.9. The molecule has 0 spiro atoms. The molecular weight excluding hydrogens is 641 g/mol. The molecule has 3 N–H and O–H groups in total. The van der Waals surface area contributed by atoms with Crippen LogP contribution in [0.1, 0.15) is 115 Å². The van der Waals surface area contributed by atoms with Crippen molar-refractivity contribution in [3.63, 3.8) is 0 Å². The van der Waals surface area contributed by atoms with Crippen molar-refractivity contribution in [2.75, 3.05) is 45.8 Å². The maximum atomic E-state index is 11.3. The van der Waals surface area contributed by atoms with Gasteiger partial charge in [0.05, 0.1) is 45.8 Å². The Morgan fingerprint density at radius 1 is 0.771 bits per heavy atom. The SMILES string of the molecule is CC(C)(C)c1cc(C=NCCN=Cc2cc(C(C)(C)C)cc(C(C)(C)C)c2O)c(O)c(CCCN2CCC[N+]3=C2NCCC3)c1.[CH3-].[CH3-].[Co]. The molecule has 2 aliphatic heterocycles. The molecular formula is C40H64CoN5O2-. The Labute approximate surface area is 303 Å². The molecule has 0 aromatic heterocycles. The minimum absolute atomic E-state index is 0. The van der Waals surface area contributed by atoms with Crippen LogP contribution in [0.2, 0.25) is 0 Å². The molecule has 2 aromatic carbocycles. The van der Waals surface area contributed by atoms with Gasteiger partial charge in [-0.25, -0.2) is 0 Å². The molecule has 7 nitrogen and oxygen atoms in total. The molecule has 271 valence electrons. The number of aryl methyl sites for hydroxylation is 1. The fraction of sp³-hybridized carbons (Fsp3) is 0.575. The van der Waals surface area contributed by atoms with Crippen LogP contribution in [0.15, 0.2) is 34.3 Å². The van der Waals surface area contributed by atoms with Gasteiger partial charge < -0.3 is 25.1 Å². The number of nitrogens with one attached hydrogen (secondary N) is 1. The van der Waals surface area contributed by atoms with Gasteiger partial charge in [0.2, 0.25) is 0 Å². The molecule has 0 aliphatic carbocycles. The van der Waals surface area contributed by atoms with Gasteiger partial charge in [-0.05, 0) is 57.9 Å². The molecule has 0 saturated carbocycles. The first-order valence-electron chi connectivity index (χ1n) is 16.9. The Balaban J connectivity index is 0.00000384. The summed E-state index contributed by atoms with van der Waals surface area (Å²) in [6, 6.07) is 8.41. The van der Waals surface area contributed by atoms with E-state index in [1.165, 1.54) is 29.9 Å². The summed E-state index contributed by atoms with van der Waals surface area (Å²) in [4.78, 5) is 11.7. The van der Waals surface area contributed by atoms with E-state index in [-0.39, 0.29) is 47.9 Å². The van der Waals surface area contributed by atoms with Crippen molar-refractivity contribution in [3.8, 4) is 11.5 Å². The molecule has 0 saturated heterocycles. The molecule has 0 fully saturated rings. The van der Waals surface area contributed by atoms with Gasteiger partial charge in [-0.15, -0.1) is 0 Å². The number of hydrogen-bond acceptors (Lipinski definition) is 6. The van der Waals surface area contributed by atoms with Gasteiger partial charge in [0.25, 0.3) is 0 Å². The van der Waals surface area contributed by atoms with Crippen LogP contribution in [0.25, 0.3) is 0 Å². The van der Waals surface area contributed by atoms with Crippen molar-refractivity contribution in [1.82, 2.24) is 10.2 Å². The van der Waals surface area contributed by atoms with E-state index < -0.39 is 0 Å². The Morgan fingerprint density at radius 3 is 1.88 bits per heavy atom. The summed E-state index contributed by atoms with van der Waals surface area (Å²) in [5, 5.41) is 25.9. The maximum absolute atomic E-state index is 11.3. The molecule has 1 radical (unpaired) electrons. The Kier molecular flexibility index (Phi) is 15.9. The molecule has 4 rings (SSSR count). The number of benzene rings is 2. The molecule has 0 amide bonds. The normalized spacial score (nSPS) is 15.5. The van der Waals surface area contributed by atoms with Crippen LogP contribution in [0, 0.1) is 14.9 Å². The van der Waals surface area contributed by atoms with Crippen molar-refractivity contribution in [2.45, 2.75) is 104 Å². The van der Waals surface area contributed by atoms with E-state index >= 15 is 0 Å². The van der Waals surface area contributed by atoms with E-state index in [0.29, 0.717) is 24.6 Å². The molecule has 2 aromatic rings. The number of phenols is 2. The molecule has 48 heavy (non-hydrogen) atoms.